The van der Waals surface area contributed by atoms with E-state index in [-0.39, 0.29) is 27.1 Å². The van der Waals surface area contributed by atoms with Gasteiger partial charge in [-0.3, -0.25) is 4.79 Å². The first kappa shape index (κ1) is 26.5. The number of hydrogen-bond acceptors (Lipinski definition) is 8. The lowest BCUT2D eigenvalue weighted by Crippen LogP contribution is -2.32. The van der Waals surface area contributed by atoms with Gasteiger partial charge in [0, 0.05) is 31.2 Å². The van der Waals surface area contributed by atoms with E-state index in [9.17, 15) is 21.6 Å². The summed E-state index contributed by atoms with van der Waals surface area (Å²) in [6, 6.07) is 11.2. The summed E-state index contributed by atoms with van der Waals surface area (Å²) in [5.41, 5.74) is 0.348. The molecule has 0 saturated carbocycles. The Labute approximate surface area is 216 Å². The van der Waals surface area contributed by atoms with Gasteiger partial charge in [-0.2, -0.15) is 4.31 Å². The Balaban J connectivity index is 1.53. The molecule has 4 rings (SSSR count). The number of rotatable bonds is 8. The van der Waals surface area contributed by atoms with Gasteiger partial charge >= 0.3 is 0 Å². The van der Waals surface area contributed by atoms with Crippen LogP contribution in [-0.2, 0) is 20.0 Å². The highest BCUT2D eigenvalue weighted by Gasteiger charge is 2.27. The maximum Gasteiger partial charge on any atom is 0.264 e. The van der Waals surface area contributed by atoms with Crippen molar-refractivity contribution in [3.05, 3.63) is 66.5 Å². The van der Waals surface area contributed by atoms with Crippen LogP contribution in [0.15, 0.2) is 70.7 Å². The van der Waals surface area contributed by atoms with Gasteiger partial charge in [-0.15, -0.1) is 0 Å². The van der Waals surface area contributed by atoms with Crippen LogP contribution in [0.5, 0.6) is 5.75 Å². The van der Waals surface area contributed by atoms with E-state index in [0.29, 0.717) is 18.8 Å². The molecule has 0 bridgehead atoms. The minimum atomic E-state index is -3.94. The Kier molecular flexibility index (Phi) is 8.05. The van der Waals surface area contributed by atoms with Crippen LogP contribution in [0.25, 0.3) is 0 Å². The van der Waals surface area contributed by atoms with Crippen molar-refractivity contribution >= 4 is 37.6 Å². The SMILES string of the molecule is COc1ccc(S(=O)(=O)N2CCCCCC2)cc1C(=O)Nc1ccc(S(=O)(=O)Nc2ncccn2)cc1. The normalized spacial score (nSPS) is 14.9. The number of nitrogens with zero attached hydrogens (tertiary/aromatic N) is 3. The highest BCUT2D eigenvalue weighted by molar-refractivity contribution is 7.92. The van der Waals surface area contributed by atoms with Crippen LogP contribution in [0.2, 0.25) is 0 Å². The summed E-state index contributed by atoms with van der Waals surface area (Å²) in [5.74, 6) is -0.461. The number of carbonyl (C=O) groups excluding carboxylic acids is 1. The van der Waals surface area contributed by atoms with E-state index >= 15 is 0 Å². The van der Waals surface area contributed by atoms with Crippen LogP contribution in [0.1, 0.15) is 36.0 Å². The van der Waals surface area contributed by atoms with Crippen molar-refractivity contribution in [2.75, 3.05) is 30.2 Å². The van der Waals surface area contributed by atoms with Crippen LogP contribution >= 0.6 is 0 Å². The first-order chi connectivity index (χ1) is 17.7. The number of ether oxygens (including phenoxy) is 1. The fourth-order valence-electron chi connectivity index (χ4n) is 3.90. The number of aromatic nitrogens is 2. The van der Waals surface area contributed by atoms with Crippen LogP contribution in [0.4, 0.5) is 11.6 Å². The molecule has 3 aromatic rings. The molecule has 1 saturated heterocycles. The second-order valence-electron chi connectivity index (χ2n) is 8.34. The van der Waals surface area contributed by atoms with Crippen LogP contribution in [0, 0.1) is 0 Å². The lowest BCUT2D eigenvalue weighted by molar-refractivity contribution is 0.102. The molecule has 0 radical (unpaired) electrons. The van der Waals surface area contributed by atoms with Gasteiger partial charge in [-0.1, -0.05) is 12.8 Å². The lowest BCUT2D eigenvalue weighted by atomic mass is 10.2. The Hall–Kier alpha value is -3.55. The molecule has 1 fully saturated rings. The average molecular weight is 546 g/mol. The number of benzene rings is 2. The lowest BCUT2D eigenvalue weighted by Gasteiger charge is -2.20. The molecule has 11 nitrogen and oxygen atoms in total. The molecule has 1 amide bonds. The molecule has 1 aromatic heterocycles. The minimum absolute atomic E-state index is 0.0102. The van der Waals surface area contributed by atoms with Crippen molar-refractivity contribution in [1.82, 2.24) is 14.3 Å². The van der Waals surface area contributed by atoms with Crippen LogP contribution in [0.3, 0.4) is 0 Å². The molecule has 2 N–H and O–H groups in total. The van der Waals surface area contributed by atoms with E-state index in [4.69, 9.17) is 4.74 Å². The van der Waals surface area contributed by atoms with Gasteiger partial charge in [0.25, 0.3) is 15.9 Å². The van der Waals surface area contributed by atoms with Gasteiger partial charge < -0.3 is 10.1 Å². The minimum Gasteiger partial charge on any atom is -0.496 e. The predicted molar refractivity (Wildman–Crippen MR) is 137 cm³/mol. The maximum atomic E-state index is 13.2. The van der Waals surface area contributed by atoms with Crippen molar-refractivity contribution in [1.29, 1.82) is 0 Å². The molecular weight excluding hydrogens is 518 g/mol. The molecular formula is C24H27N5O6S2. The van der Waals surface area contributed by atoms with Gasteiger partial charge in [0.05, 0.1) is 22.5 Å². The van der Waals surface area contributed by atoms with Gasteiger partial charge in [0.2, 0.25) is 16.0 Å². The summed E-state index contributed by atoms with van der Waals surface area (Å²) in [7, 11) is -6.32. The Morgan fingerprint density at radius 3 is 2.14 bits per heavy atom. The maximum absolute atomic E-state index is 13.2. The first-order valence-corrected chi connectivity index (χ1v) is 14.5. The molecule has 0 unspecified atom stereocenters. The number of sulfonamides is 2. The molecule has 0 spiro atoms. The van der Waals surface area contributed by atoms with E-state index in [1.165, 1.54) is 66.3 Å². The van der Waals surface area contributed by atoms with Gasteiger partial charge in [0.15, 0.2) is 0 Å². The largest absolute Gasteiger partial charge is 0.496 e. The fourth-order valence-corrected chi connectivity index (χ4v) is 6.40. The molecule has 196 valence electrons. The molecule has 1 aliphatic rings. The third-order valence-electron chi connectivity index (χ3n) is 5.83. The van der Waals surface area contributed by atoms with Gasteiger partial charge in [-0.05, 0) is 61.4 Å². The van der Waals surface area contributed by atoms with E-state index in [0.717, 1.165) is 25.7 Å². The predicted octanol–water partition coefficient (Wildman–Crippen LogP) is 3.10. The first-order valence-electron chi connectivity index (χ1n) is 11.6. The topological polar surface area (TPSA) is 148 Å². The van der Waals surface area contributed by atoms with Crippen molar-refractivity contribution in [3.8, 4) is 5.75 Å². The number of nitrogens with one attached hydrogen (secondary N) is 2. The number of anilines is 2. The summed E-state index contributed by atoms with van der Waals surface area (Å²) in [5, 5.41) is 2.66. The second-order valence-corrected chi connectivity index (χ2v) is 12.0. The third-order valence-corrected chi connectivity index (χ3v) is 9.07. The fraction of sp³-hybridized carbons (Fsp3) is 0.292. The van der Waals surface area contributed by atoms with E-state index < -0.39 is 26.0 Å². The zero-order valence-electron chi connectivity index (χ0n) is 20.1. The zero-order valence-corrected chi connectivity index (χ0v) is 21.8. The van der Waals surface area contributed by atoms with Crippen LogP contribution in [-0.4, -0.2) is 57.2 Å². The molecule has 2 aromatic carbocycles. The Morgan fingerprint density at radius 1 is 0.892 bits per heavy atom. The number of hydrogen-bond donors (Lipinski definition) is 2. The average Bonchev–Trinajstić information content (AvgIpc) is 3.19. The summed E-state index contributed by atoms with van der Waals surface area (Å²) in [4.78, 5) is 20.7. The Bertz CT molecular complexity index is 1460. The molecule has 0 aliphatic carbocycles. The van der Waals surface area contributed by atoms with Gasteiger partial charge in [0.1, 0.15) is 5.75 Å². The highest BCUT2D eigenvalue weighted by Crippen LogP contribution is 2.27. The smallest absolute Gasteiger partial charge is 0.264 e. The Morgan fingerprint density at radius 2 is 1.51 bits per heavy atom. The summed E-state index contributed by atoms with van der Waals surface area (Å²) < 4.78 is 60.6. The molecule has 37 heavy (non-hydrogen) atoms. The highest BCUT2D eigenvalue weighted by atomic mass is 32.2. The number of methoxy groups -OCH3 is 1. The van der Waals surface area contributed by atoms with E-state index in [2.05, 4.69) is 20.0 Å². The van der Waals surface area contributed by atoms with E-state index in [1.807, 2.05) is 0 Å². The number of carbonyl (C=O) groups is 1. The summed E-state index contributed by atoms with van der Waals surface area (Å²) in [6.07, 6.45) is 6.37. The van der Waals surface area contributed by atoms with Crippen molar-refractivity contribution in [2.45, 2.75) is 35.5 Å². The summed E-state index contributed by atoms with van der Waals surface area (Å²) in [6.45, 7) is 0.882. The third kappa shape index (κ3) is 6.24. The summed E-state index contributed by atoms with van der Waals surface area (Å²) >= 11 is 0. The van der Waals surface area contributed by atoms with Gasteiger partial charge in [-0.25, -0.2) is 31.5 Å². The van der Waals surface area contributed by atoms with Crippen molar-refractivity contribution in [3.63, 3.8) is 0 Å². The zero-order chi connectivity index (χ0) is 26.5. The van der Waals surface area contributed by atoms with Crippen molar-refractivity contribution in [2.24, 2.45) is 0 Å². The molecule has 2 heterocycles. The molecule has 0 atom stereocenters. The monoisotopic (exact) mass is 545 g/mol. The molecule has 13 heteroatoms. The quantitative estimate of drug-likeness (QED) is 0.439. The second kappa shape index (κ2) is 11.2. The van der Waals surface area contributed by atoms with Crippen LogP contribution < -0.4 is 14.8 Å². The van der Waals surface area contributed by atoms with Crippen molar-refractivity contribution < 1.29 is 26.4 Å². The van der Waals surface area contributed by atoms with E-state index in [1.54, 1.807) is 6.07 Å². The standard InChI is InChI=1S/C24H27N5O6S2/c1-35-22-12-11-20(37(33,34)29-15-4-2-3-5-16-29)17-21(22)23(30)27-18-7-9-19(10-8-18)36(31,32)28-24-25-13-6-14-26-24/h6-14,17H,2-5,15-16H2,1H3,(H,27,30)(H,25,26,28). The molecule has 1 aliphatic heterocycles. The number of amides is 1.